The standard InChI is InChI=1S/C11H24N2O2/c1-5-8(2)6-9(3)13-11(14)10(12)7-15-4/h8-10H,5-7,12H2,1-4H3,(H,13,14). The van der Waals surface area contributed by atoms with Crippen LogP contribution in [0.4, 0.5) is 0 Å². The Morgan fingerprint density at radius 3 is 2.53 bits per heavy atom. The van der Waals surface area contributed by atoms with E-state index in [-0.39, 0.29) is 18.6 Å². The Labute approximate surface area is 92.6 Å². The number of nitrogens with one attached hydrogen (secondary N) is 1. The summed E-state index contributed by atoms with van der Waals surface area (Å²) < 4.78 is 4.82. The van der Waals surface area contributed by atoms with Crippen molar-refractivity contribution < 1.29 is 9.53 Å². The summed E-state index contributed by atoms with van der Waals surface area (Å²) in [6, 6.07) is -0.385. The molecule has 0 saturated heterocycles. The number of methoxy groups -OCH3 is 1. The number of nitrogens with two attached hydrogens (primary N) is 1. The van der Waals surface area contributed by atoms with Crippen molar-refractivity contribution in [1.82, 2.24) is 5.32 Å². The van der Waals surface area contributed by atoms with Gasteiger partial charge in [0.2, 0.25) is 5.91 Å². The lowest BCUT2D eigenvalue weighted by molar-refractivity contribution is -0.124. The second kappa shape index (κ2) is 7.65. The molecule has 0 aliphatic heterocycles. The molecular weight excluding hydrogens is 192 g/mol. The van der Waals surface area contributed by atoms with E-state index < -0.39 is 6.04 Å². The monoisotopic (exact) mass is 216 g/mol. The molecule has 0 fully saturated rings. The van der Waals surface area contributed by atoms with Crippen LogP contribution in [0.15, 0.2) is 0 Å². The van der Waals surface area contributed by atoms with Gasteiger partial charge in [0.15, 0.2) is 0 Å². The van der Waals surface area contributed by atoms with Crippen LogP contribution in [-0.4, -0.2) is 31.7 Å². The van der Waals surface area contributed by atoms with Gasteiger partial charge < -0.3 is 15.8 Å². The average Bonchev–Trinajstić information content (AvgIpc) is 2.17. The Morgan fingerprint density at radius 1 is 1.47 bits per heavy atom. The number of hydrogen-bond donors (Lipinski definition) is 2. The van der Waals surface area contributed by atoms with Gasteiger partial charge in [-0.3, -0.25) is 4.79 Å². The molecule has 0 saturated carbocycles. The molecule has 0 aliphatic carbocycles. The maximum absolute atomic E-state index is 11.5. The lowest BCUT2D eigenvalue weighted by Gasteiger charge is -2.19. The zero-order valence-corrected chi connectivity index (χ0v) is 10.2. The first kappa shape index (κ1) is 14.4. The first-order valence-corrected chi connectivity index (χ1v) is 5.56. The highest BCUT2D eigenvalue weighted by Crippen LogP contribution is 2.09. The first-order chi connectivity index (χ1) is 7.01. The molecule has 0 heterocycles. The van der Waals surface area contributed by atoms with Crippen molar-refractivity contribution >= 4 is 5.91 Å². The van der Waals surface area contributed by atoms with Crippen molar-refractivity contribution in [1.29, 1.82) is 0 Å². The number of amides is 1. The highest BCUT2D eigenvalue weighted by Gasteiger charge is 2.16. The van der Waals surface area contributed by atoms with Crippen LogP contribution in [0.5, 0.6) is 0 Å². The van der Waals surface area contributed by atoms with Crippen molar-refractivity contribution in [3.63, 3.8) is 0 Å². The molecule has 3 unspecified atom stereocenters. The topological polar surface area (TPSA) is 64.4 Å². The minimum Gasteiger partial charge on any atom is -0.383 e. The fraction of sp³-hybridized carbons (Fsp3) is 0.909. The van der Waals surface area contributed by atoms with Gasteiger partial charge in [-0.2, -0.15) is 0 Å². The van der Waals surface area contributed by atoms with E-state index >= 15 is 0 Å². The van der Waals surface area contributed by atoms with Gasteiger partial charge in [-0.1, -0.05) is 20.3 Å². The van der Waals surface area contributed by atoms with E-state index in [1.807, 2.05) is 6.92 Å². The number of hydrogen-bond acceptors (Lipinski definition) is 3. The molecule has 0 bridgehead atoms. The van der Waals surface area contributed by atoms with E-state index in [0.717, 1.165) is 12.8 Å². The number of rotatable bonds is 7. The second-order valence-corrected chi connectivity index (χ2v) is 4.22. The van der Waals surface area contributed by atoms with Gasteiger partial charge in [-0.05, 0) is 19.3 Å². The number of carbonyl (C=O) groups is 1. The number of ether oxygens (including phenoxy) is 1. The summed E-state index contributed by atoms with van der Waals surface area (Å²) in [6.07, 6.45) is 2.12. The van der Waals surface area contributed by atoms with Crippen molar-refractivity contribution in [3.05, 3.63) is 0 Å². The molecule has 0 aromatic rings. The molecule has 4 heteroatoms. The Balaban J connectivity index is 3.84. The van der Waals surface area contributed by atoms with E-state index in [0.29, 0.717) is 5.92 Å². The van der Waals surface area contributed by atoms with Crippen molar-refractivity contribution in [2.24, 2.45) is 11.7 Å². The van der Waals surface area contributed by atoms with Crippen LogP contribution < -0.4 is 11.1 Å². The van der Waals surface area contributed by atoms with Gasteiger partial charge in [-0.25, -0.2) is 0 Å². The average molecular weight is 216 g/mol. The van der Waals surface area contributed by atoms with E-state index in [4.69, 9.17) is 10.5 Å². The Morgan fingerprint density at radius 2 is 2.07 bits per heavy atom. The molecule has 0 rings (SSSR count). The van der Waals surface area contributed by atoms with E-state index in [2.05, 4.69) is 19.2 Å². The molecule has 0 aromatic heterocycles. The third kappa shape index (κ3) is 6.47. The lowest BCUT2D eigenvalue weighted by atomic mass is 10.0. The summed E-state index contributed by atoms with van der Waals surface area (Å²) in [5, 5.41) is 2.89. The van der Waals surface area contributed by atoms with Gasteiger partial charge in [0.25, 0.3) is 0 Å². The molecule has 0 aliphatic rings. The van der Waals surface area contributed by atoms with E-state index in [9.17, 15) is 4.79 Å². The van der Waals surface area contributed by atoms with Gasteiger partial charge in [0.1, 0.15) is 6.04 Å². The zero-order chi connectivity index (χ0) is 11.8. The second-order valence-electron chi connectivity index (χ2n) is 4.22. The summed E-state index contributed by atoms with van der Waals surface area (Å²) in [5.41, 5.74) is 5.60. The van der Waals surface area contributed by atoms with Crippen LogP contribution in [0, 0.1) is 5.92 Å². The highest BCUT2D eigenvalue weighted by molar-refractivity contribution is 5.81. The lowest BCUT2D eigenvalue weighted by Crippen LogP contribution is -2.46. The molecule has 1 amide bonds. The van der Waals surface area contributed by atoms with Gasteiger partial charge in [0.05, 0.1) is 6.61 Å². The van der Waals surface area contributed by atoms with Crippen molar-refractivity contribution in [2.45, 2.75) is 45.7 Å². The van der Waals surface area contributed by atoms with Crippen LogP contribution in [0.1, 0.15) is 33.6 Å². The molecule has 15 heavy (non-hydrogen) atoms. The third-order valence-corrected chi connectivity index (χ3v) is 2.52. The minimum atomic E-state index is -0.561. The minimum absolute atomic E-state index is 0.132. The van der Waals surface area contributed by atoms with Crippen LogP contribution in [-0.2, 0) is 9.53 Å². The van der Waals surface area contributed by atoms with Crippen molar-refractivity contribution in [2.75, 3.05) is 13.7 Å². The molecule has 0 spiro atoms. The van der Waals surface area contributed by atoms with Crippen LogP contribution in [0.3, 0.4) is 0 Å². The molecule has 3 N–H and O–H groups in total. The summed E-state index contributed by atoms with van der Waals surface area (Å²) in [6.45, 7) is 6.60. The van der Waals surface area contributed by atoms with Crippen LogP contribution in [0.25, 0.3) is 0 Å². The zero-order valence-electron chi connectivity index (χ0n) is 10.2. The predicted octanol–water partition coefficient (Wildman–Crippen LogP) is 0.901. The van der Waals surface area contributed by atoms with Crippen LogP contribution >= 0.6 is 0 Å². The van der Waals surface area contributed by atoms with Gasteiger partial charge in [0, 0.05) is 13.2 Å². The van der Waals surface area contributed by atoms with Gasteiger partial charge in [-0.15, -0.1) is 0 Å². The van der Waals surface area contributed by atoms with Gasteiger partial charge >= 0.3 is 0 Å². The smallest absolute Gasteiger partial charge is 0.239 e. The van der Waals surface area contributed by atoms with E-state index in [1.165, 1.54) is 7.11 Å². The first-order valence-electron chi connectivity index (χ1n) is 5.56. The number of carbonyl (C=O) groups excluding carboxylic acids is 1. The summed E-state index contributed by atoms with van der Waals surface area (Å²) in [4.78, 5) is 11.5. The van der Waals surface area contributed by atoms with E-state index in [1.54, 1.807) is 0 Å². The van der Waals surface area contributed by atoms with Crippen molar-refractivity contribution in [3.8, 4) is 0 Å². The maximum Gasteiger partial charge on any atom is 0.239 e. The quantitative estimate of drug-likeness (QED) is 0.664. The SMILES string of the molecule is CCC(C)CC(C)NC(=O)C(N)COC. The molecule has 3 atom stereocenters. The fourth-order valence-corrected chi connectivity index (χ4v) is 1.43. The summed E-state index contributed by atoms with van der Waals surface area (Å²) >= 11 is 0. The third-order valence-electron chi connectivity index (χ3n) is 2.52. The predicted molar refractivity (Wildman–Crippen MR) is 61.5 cm³/mol. The van der Waals surface area contributed by atoms with Crippen LogP contribution in [0.2, 0.25) is 0 Å². The Hall–Kier alpha value is -0.610. The molecule has 0 aromatic carbocycles. The Kier molecular flexibility index (Phi) is 7.34. The summed E-state index contributed by atoms with van der Waals surface area (Å²) in [5.74, 6) is 0.492. The fourth-order valence-electron chi connectivity index (χ4n) is 1.43. The highest BCUT2D eigenvalue weighted by atomic mass is 16.5. The molecule has 90 valence electrons. The normalized spacial score (nSPS) is 16.9. The maximum atomic E-state index is 11.5. The molecule has 0 radical (unpaired) electrons. The molecule has 4 nitrogen and oxygen atoms in total. The largest absolute Gasteiger partial charge is 0.383 e. The molecular formula is C11H24N2O2. The summed E-state index contributed by atoms with van der Waals surface area (Å²) in [7, 11) is 1.54. The Bertz CT molecular complexity index is 185.